The second-order valence-electron chi connectivity index (χ2n) is 6.03. The Bertz CT molecular complexity index is 997. The van der Waals surface area contributed by atoms with E-state index in [2.05, 4.69) is 5.18 Å². The van der Waals surface area contributed by atoms with E-state index in [1.807, 2.05) is 19.1 Å². The monoisotopic (exact) mass is 342 g/mol. The fourth-order valence-corrected chi connectivity index (χ4v) is 3.22. The van der Waals surface area contributed by atoms with Gasteiger partial charge < -0.3 is 19.1 Å². The summed E-state index contributed by atoms with van der Waals surface area (Å²) in [7, 11) is 0. The largest absolute Gasteiger partial charge is 0.493 e. The van der Waals surface area contributed by atoms with Crippen LogP contribution in [0, 0.1) is 17.6 Å². The summed E-state index contributed by atoms with van der Waals surface area (Å²) in [5.41, 5.74) is 2.77. The summed E-state index contributed by atoms with van der Waals surface area (Å²) in [6, 6.07) is 8.15. The molecule has 0 saturated heterocycles. The lowest BCUT2D eigenvalue weighted by Gasteiger charge is -2.21. The van der Waals surface area contributed by atoms with Gasteiger partial charge in [0.15, 0.2) is 12.5 Å². The summed E-state index contributed by atoms with van der Waals surface area (Å²) >= 11 is 0. The molecular formula is C18H15FN2O4. The fraction of sp³-hybridized carbons (Fsp3) is 0.222. The van der Waals surface area contributed by atoms with E-state index in [-0.39, 0.29) is 31.5 Å². The first kappa shape index (κ1) is 15.6. The molecule has 25 heavy (non-hydrogen) atoms. The Morgan fingerprint density at radius 1 is 1.32 bits per heavy atom. The Morgan fingerprint density at radius 2 is 2.16 bits per heavy atom. The topological polar surface area (TPSA) is 73.0 Å². The third kappa shape index (κ3) is 2.53. The number of hydrogen-bond acceptors (Lipinski definition) is 5. The number of fused-ring (bicyclic) bond motifs is 2. The molecule has 1 aromatic heterocycles. The molecule has 0 bridgehead atoms. The van der Waals surface area contributed by atoms with Crippen molar-refractivity contribution in [3.8, 4) is 11.6 Å². The van der Waals surface area contributed by atoms with Gasteiger partial charge in [0.1, 0.15) is 11.6 Å². The van der Waals surface area contributed by atoms with Crippen molar-refractivity contribution in [2.45, 2.75) is 20.1 Å². The molecule has 0 unspecified atom stereocenters. The van der Waals surface area contributed by atoms with Crippen LogP contribution in [0.15, 0.2) is 35.5 Å². The van der Waals surface area contributed by atoms with Crippen LogP contribution in [0.4, 0.5) is 10.1 Å². The number of aromatic nitrogens is 1. The van der Waals surface area contributed by atoms with Gasteiger partial charge in [0, 0.05) is 16.5 Å². The SMILES string of the molecule is Cc1ccc2c(N=O)c(O)n(Cc3cc(F)cc4c3OCOC4)c2c1. The minimum absolute atomic E-state index is 0.0236. The maximum atomic E-state index is 14.0. The maximum Gasteiger partial charge on any atom is 0.222 e. The lowest BCUT2D eigenvalue weighted by Crippen LogP contribution is -2.14. The number of benzene rings is 2. The number of rotatable bonds is 3. The fourth-order valence-electron chi connectivity index (χ4n) is 3.22. The Labute approximate surface area is 142 Å². The summed E-state index contributed by atoms with van der Waals surface area (Å²) in [4.78, 5) is 11.2. The van der Waals surface area contributed by atoms with Gasteiger partial charge in [0.05, 0.1) is 18.7 Å². The quantitative estimate of drug-likeness (QED) is 0.727. The average Bonchev–Trinajstić information content (AvgIpc) is 2.85. The summed E-state index contributed by atoms with van der Waals surface area (Å²) in [6.07, 6.45) is 0. The third-order valence-electron chi connectivity index (χ3n) is 4.34. The minimum atomic E-state index is -0.413. The van der Waals surface area contributed by atoms with Gasteiger partial charge in [-0.15, -0.1) is 4.91 Å². The van der Waals surface area contributed by atoms with E-state index in [4.69, 9.17) is 9.47 Å². The number of nitrogens with zero attached hydrogens (tertiary/aromatic N) is 2. The van der Waals surface area contributed by atoms with Crippen molar-refractivity contribution in [2.75, 3.05) is 6.79 Å². The highest BCUT2D eigenvalue weighted by Gasteiger charge is 2.22. The van der Waals surface area contributed by atoms with Crippen LogP contribution in [0.5, 0.6) is 11.6 Å². The zero-order chi connectivity index (χ0) is 17.6. The number of nitroso groups, excluding NO2 is 1. The molecule has 0 saturated carbocycles. The normalized spacial score (nSPS) is 13.5. The number of halogens is 1. The van der Waals surface area contributed by atoms with E-state index in [1.165, 1.54) is 16.7 Å². The molecular weight excluding hydrogens is 327 g/mol. The van der Waals surface area contributed by atoms with E-state index < -0.39 is 5.82 Å². The Morgan fingerprint density at radius 3 is 2.96 bits per heavy atom. The number of aromatic hydroxyl groups is 1. The molecule has 0 fully saturated rings. The first-order chi connectivity index (χ1) is 12.1. The van der Waals surface area contributed by atoms with Crippen molar-refractivity contribution >= 4 is 16.6 Å². The van der Waals surface area contributed by atoms with E-state index in [1.54, 1.807) is 6.07 Å². The molecule has 6 nitrogen and oxygen atoms in total. The van der Waals surface area contributed by atoms with Gasteiger partial charge in [-0.1, -0.05) is 12.1 Å². The summed E-state index contributed by atoms with van der Waals surface area (Å²) in [5, 5.41) is 13.9. The Hall–Kier alpha value is -2.93. The zero-order valence-electron chi connectivity index (χ0n) is 13.5. The number of ether oxygens (including phenoxy) is 2. The molecule has 0 radical (unpaired) electrons. The van der Waals surface area contributed by atoms with Crippen LogP contribution in [0.3, 0.4) is 0 Å². The molecule has 4 rings (SSSR count). The molecule has 2 aromatic carbocycles. The Balaban J connectivity index is 1.90. The smallest absolute Gasteiger partial charge is 0.222 e. The van der Waals surface area contributed by atoms with Gasteiger partial charge in [0.25, 0.3) is 0 Å². The molecule has 128 valence electrons. The highest BCUT2D eigenvalue weighted by molar-refractivity contribution is 5.95. The molecule has 0 amide bonds. The summed E-state index contributed by atoms with van der Waals surface area (Å²) in [6.45, 7) is 2.40. The van der Waals surface area contributed by atoms with Crippen molar-refractivity contribution in [2.24, 2.45) is 5.18 Å². The molecule has 1 aliphatic heterocycles. The summed E-state index contributed by atoms with van der Waals surface area (Å²) in [5.74, 6) is -0.119. The van der Waals surface area contributed by atoms with Gasteiger partial charge >= 0.3 is 0 Å². The van der Waals surface area contributed by atoms with Crippen LogP contribution >= 0.6 is 0 Å². The first-order valence-electron chi connectivity index (χ1n) is 7.75. The van der Waals surface area contributed by atoms with E-state index >= 15 is 0 Å². The van der Waals surface area contributed by atoms with Crippen LogP contribution in [0.2, 0.25) is 0 Å². The molecule has 2 heterocycles. The minimum Gasteiger partial charge on any atom is -0.493 e. The molecule has 1 aliphatic rings. The predicted octanol–water partition coefficient (Wildman–Crippen LogP) is 4.11. The van der Waals surface area contributed by atoms with Crippen LogP contribution < -0.4 is 4.74 Å². The van der Waals surface area contributed by atoms with Crippen LogP contribution in [0.1, 0.15) is 16.7 Å². The highest BCUT2D eigenvalue weighted by Crippen LogP contribution is 2.40. The average molecular weight is 342 g/mol. The molecule has 0 aliphatic carbocycles. The lowest BCUT2D eigenvalue weighted by molar-refractivity contribution is -0.0173. The molecule has 7 heteroatoms. The molecule has 1 N–H and O–H groups in total. The first-order valence-corrected chi connectivity index (χ1v) is 7.75. The predicted molar refractivity (Wildman–Crippen MR) is 89.6 cm³/mol. The zero-order valence-corrected chi connectivity index (χ0v) is 13.5. The lowest BCUT2D eigenvalue weighted by atomic mass is 10.1. The van der Waals surface area contributed by atoms with Crippen molar-refractivity contribution in [1.29, 1.82) is 0 Å². The van der Waals surface area contributed by atoms with E-state index in [0.717, 1.165) is 5.56 Å². The third-order valence-corrected chi connectivity index (χ3v) is 4.34. The van der Waals surface area contributed by atoms with Crippen LogP contribution in [0.25, 0.3) is 10.9 Å². The van der Waals surface area contributed by atoms with Crippen LogP contribution in [-0.4, -0.2) is 16.5 Å². The van der Waals surface area contributed by atoms with Crippen molar-refractivity contribution in [1.82, 2.24) is 4.57 Å². The molecule has 0 spiro atoms. The van der Waals surface area contributed by atoms with E-state index in [0.29, 0.717) is 27.8 Å². The van der Waals surface area contributed by atoms with Crippen molar-refractivity contribution < 1.29 is 19.0 Å². The highest BCUT2D eigenvalue weighted by atomic mass is 19.1. The standard InChI is InChI=1S/C18H15FN2O4/c1-10-2-3-14-15(4-10)21(18(22)16(14)20-23)7-11-5-13(19)6-12-8-24-9-25-17(11)12/h2-6,22H,7-9H2,1H3. The summed E-state index contributed by atoms with van der Waals surface area (Å²) < 4.78 is 26.2. The van der Waals surface area contributed by atoms with E-state index in [9.17, 15) is 14.4 Å². The van der Waals surface area contributed by atoms with Gasteiger partial charge in [-0.25, -0.2) is 4.39 Å². The maximum absolute atomic E-state index is 14.0. The molecule has 3 aromatic rings. The molecule has 0 atom stereocenters. The van der Waals surface area contributed by atoms with Crippen LogP contribution in [-0.2, 0) is 17.9 Å². The second-order valence-corrected chi connectivity index (χ2v) is 6.03. The van der Waals surface area contributed by atoms with Gasteiger partial charge in [-0.3, -0.25) is 0 Å². The van der Waals surface area contributed by atoms with Gasteiger partial charge in [-0.2, -0.15) is 0 Å². The number of hydrogen-bond donors (Lipinski definition) is 1. The van der Waals surface area contributed by atoms with Gasteiger partial charge in [-0.05, 0) is 35.9 Å². The number of aryl methyl sites for hydroxylation is 1. The van der Waals surface area contributed by atoms with Crippen molar-refractivity contribution in [3.05, 3.63) is 57.7 Å². The van der Waals surface area contributed by atoms with Gasteiger partial charge in [0.2, 0.25) is 5.88 Å². The second kappa shape index (κ2) is 5.86. The van der Waals surface area contributed by atoms with Crippen molar-refractivity contribution in [3.63, 3.8) is 0 Å². The Kier molecular flexibility index (Phi) is 3.65.